The zero-order valence-electron chi connectivity index (χ0n) is 19.9. The highest BCUT2D eigenvalue weighted by Crippen LogP contribution is 2.21. The number of methoxy groups -OCH3 is 1. The molecule has 3 aromatic carbocycles. The zero-order valence-corrected chi connectivity index (χ0v) is 19.9. The Hall–Kier alpha value is -3.90. The van der Waals surface area contributed by atoms with Gasteiger partial charge in [0, 0.05) is 29.9 Å². The minimum atomic E-state index is -0.197. The molecule has 0 fully saturated rings. The summed E-state index contributed by atoms with van der Waals surface area (Å²) in [5, 5.41) is 5.84. The van der Waals surface area contributed by atoms with Crippen LogP contribution in [0.3, 0.4) is 0 Å². The van der Waals surface area contributed by atoms with E-state index in [4.69, 9.17) is 4.74 Å². The Labute approximate surface area is 201 Å². The standard InChI is InChI=1S/C28H31N3O3/c1-5-7-22-17-24(12-15-26(22)34-4)27(32)29-18-21-8-6-9-23(16-21)28(33)30-25-13-10-20(11-14-25)19-31(2)3/h5-6,8-17H,1,7,18-19H2,2-4H3,(H,29,32)(H,30,33). The predicted molar refractivity (Wildman–Crippen MR) is 136 cm³/mol. The lowest BCUT2D eigenvalue weighted by Gasteiger charge is -2.12. The molecule has 0 heterocycles. The molecule has 2 N–H and O–H groups in total. The van der Waals surface area contributed by atoms with Gasteiger partial charge in [0.15, 0.2) is 0 Å². The van der Waals surface area contributed by atoms with E-state index in [2.05, 4.69) is 22.1 Å². The number of rotatable bonds is 10. The van der Waals surface area contributed by atoms with Crippen LogP contribution in [-0.4, -0.2) is 37.9 Å². The van der Waals surface area contributed by atoms with Gasteiger partial charge in [-0.15, -0.1) is 6.58 Å². The Balaban J connectivity index is 1.62. The lowest BCUT2D eigenvalue weighted by molar-refractivity contribution is 0.0950. The average molecular weight is 458 g/mol. The molecule has 0 spiro atoms. The molecular formula is C28H31N3O3. The Bertz CT molecular complexity index is 1150. The van der Waals surface area contributed by atoms with Crippen molar-refractivity contribution in [1.29, 1.82) is 0 Å². The molecule has 0 saturated heterocycles. The molecule has 6 nitrogen and oxygen atoms in total. The fourth-order valence-corrected chi connectivity index (χ4v) is 3.60. The second-order valence-electron chi connectivity index (χ2n) is 8.29. The van der Waals surface area contributed by atoms with E-state index in [1.165, 1.54) is 5.56 Å². The zero-order chi connectivity index (χ0) is 24.5. The van der Waals surface area contributed by atoms with Crippen LogP contribution in [0.15, 0.2) is 79.4 Å². The van der Waals surface area contributed by atoms with Crippen LogP contribution in [0.25, 0.3) is 0 Å². The van der Waals surface area contributed by atoms with Gasteiger partial charge in [-0.25, -0.2) is 0 Å². The van der Waals surface area contributed by atoms with Crippen molar-refractivity contribution in [1.82, 2.24) is 10.2 Å². The average Bonchev–Trinajstić information content (AvgIpc) is 2.83. The third-order valence-electron chi connectivity index (χ3n) is 5.26. The Morgan fingerprint density at radius 1 is 0.941 bits per heavy atom. The summed E-state index contributed by atoms with van der Waals surface area (Å²) in [6, 6.07) is 20.4. The van der Waals surface area contributed by atoms with Crippen LogP contribution >= 0.6 is 0 Å². The molecule has 0 aromatic heterocycles. The molecule has 176 valence electrons. The van der Waals surface area contributed by atoms with Gasteiger partial charge in [0.1, 0.15) is 5.75 Å². The highest BCUT2D eigenvalue weighted by Gasteiger charge is 2.11. The van der Waals surface area contributed by atoms with Crippen LogP contribution in [0.4, 0.5) is 5.69 Å². The molecule has 0 aliphatic heterocycles. The molecule has 0 saturated carbocycles. The number of anilines is 1. The Morgan fingerprint density at radius 2 is 1.68 bits per heavy atom. The van der Waals surface area contributed by atoms with E-state index in [1.807, 2.05) is 56.6 Å². The third kappa shape index (κ3) is 6.80. The van der Waals surface area contributed by atoms with Crippen LogP contribution in [-0.2, 0) is 19.5 Å². The van der Waals surface area contributed by atoms with E-state index in [1.54, 1.807) is 37.5 Å². The summed E-state index contributed by atoms with van der Waals surface area (Å²) < 4.78 is 5.34. The summed E-state index contributed by atoms with van der Waals surface area (Å²) in [6.07, 6.45) is 2.38. The predicted octanol–water partition coefficient (Wildman–Crippen LogP) is 4.67. The van der Waals surface area contributed by atoms with Crippen LogP contribution in [0.1, 0.15) is 37.4 Å². The molecule has 6 heteroatoms. The molecule has 0 aliphatic rings. The lowest BCUT2D eigenvalue weighted by Crippen LogP contribution is -2.23. The highest BCUT2D eigenvalue weighted by atomic mass is 16.5. The molecule has 0 aliphatic carbocycles. The minimum absolute atomic E-state index is 0.194. The fraction of sp³-hybridized carbons (Fsp3) is 0.214. The molecule has 2 amide bonds. The number of allylic oxidation sites excluding steroid dienone is 1. The van der Waals surface area contributed by atoms with Gasteiger partial charge >= 0.3 is 0 Å². The SMILES string of the molecule is C=CCc1cc(C(=O)NCc2cccc(C(=O)Nc3ccc(CN(C)C)cc3)c2)ccc1OC. The van der Waals surface area contributed by atoms with Crippen LogP contribution in [0, 0.1) is 0 Å². The molecule has 0 radical (unpaired) electrons. The maximum absolute atomic E-state index is 12.7. The molecule has 0 atom stereocenters. The Kier molecular flexibility index (Phi) is 8.60. The first kappa shape index (κ1) is 24.7. The number of nitrogens with zero attached hydrogens (tertiary/aromatic N) is 1. The van der Waals surface area contributed by atoms with Gasteiger partial charge in [-0.2, -0.15) is 0 Å². The van der Waals surface area contributed by atoms with E-state index < -0.39 is 0 Å². The van der Waals surface area contributed by atoms with E-state index in [9.17, 15) is 9.59 Å². The first-order chi connectivity index (χ1) is 16.4. The number of hydrogen-bond donors (Lipinski definition) is 2. The molecule has 3 aromatic rings. The van der Waals surface area contributed by atoms with E-state index in [0.29, 0.717) is 24.1 Å². The molecule has 0 unspecified atom stereocenters. The van der Waals surface area contributed by atoms with Crippen molar-refractivity contribution in [3.63, 3.8) is 0 Å². The fourth-order valence-electron chi connectivity index (χ4n) is 3.60. The summed E-state index contributed by atoms with van der Waals surface area (Å²) in [6.45, 7) is 4.90. The van der Waals surface area contributed by atoms with Gasteiger partial charge in [-0.3, -0.25) is 9.59 Å². The number of ether oxygens (including phenoxy) is 1. The van der Waals surface area contributed by atoms with Gasteiger partial charge in [-0.05, 0) is 79.7 Å². The summed E-state index contributed by atoms with van der Waals surface area (Å²) in [5.74, 6) is 0.334. The maximum atomic E-state index is 12.7. The monoisotopic (exact) mass is 457 g/mol. The van der Waals surface area contributed by atoms with E-state index >= 15 is 0 Å². The van der Waals surface area contributed by atoms with Crippen molar-refractivity contribution in [2.75, 3.05) is 26.5 Å². The highest BCUT2D eigenvalue weighted by molar-refractivity contribution is 6.04. The number of hydrogen-bond acceptors (Lipinski definition) is 4. The van der Waals surface area contributed by atoms with Gasteiger partial charge in [-0.1, -0.05) is 30.3 Å². The summed E-state index contributed by atoms with van der Waals surface area (Å²) >= 11 is 0. The number of carbonyl (C=O) groups is 2. The first-order valence-electron chi connectivity index (χ1n) is 11.1. The largest absolute Gasteiger partial charge is 0.496 e. The smallest absolute Gasteiger partial charge is 0.255 e. The number of nitrogens with one attached hydrogen (secondary N) is 2. The maximum Gasteiger partial charge on any atom is 0.255 e. The number of benzene rings is 3. The van der Waals surface area contributed by atoms with Crippen LogP contribution in [0.2, 0.25) is 0 Å². The number of amides is 2. The van der Waals surface area contributed by atoms with Crippen molar-refractivity contribution in [3.8, 4) is 5.75 Å². The van der Waals surface area contributed by atoms with Crippen molar-refractivity contribution in [2.45, 2.75) is 19.5 Å². The number of carbonyl (C=O) groups excluding carboxylic acids is 2. The van der Waals surface area contributed by atoms with Crippen molar-refractivity contribution >= 4 is 17.5 Å². The summed E-state index contributed by atoms with van der Waals surface area (Å²) in [5.41, 5.74) is 4.72. The van der Waals surface area contributed by atoms with Crippen molar-refractivity contribution < 1.29 is 14.3 Å². The quantitative estimate of drug-likeness (QED) is 0.434. The minimum Gasteiger partial charge on any atom is -0.496 e. The second-order valence-corrected chi connectivity index (χ2v) is 8.29. The first-order valence-corrected chi connectivity index (χ1v) is 11.1. The van der Waals surface area contributed by atoms with Gasteiger partial charge in [0.2, 0.25) is 0 Å². The lowest BCUT2D eigenvalue weighted by atomic mass is 10.1. The van der Waals surface area contributed by atoms with Gasteiger partial charge in [0.05, 0.1) is 7.11 Å². The van der Waals surface area contributed by atoms with E-state index in [0.717, 1.165) is 29.1 Å². The summed E-state index contributed by atoms with van der Waals surface area (Å²) in [7, 11) is 5.63. The summed E-state index contributed by atoms with van der Waals surface area (Å²) in [4.78, 5) is 27.5. The second kappa shape index (κ2) is 11.8. The van der Waals surface area contributed by atoms with Crippen LogP contribution in [0.5, 0.6) is 5.75 Å². The van der Waals surface area contributed by atoms with Gasteiger partial charge < -0.3 is 20.3 Å². The molecule has 0 bridgehead atoms. The van der Waals surface area contributed by atoms with Crippen molar-refractivity contribution in [3.05, 3.63) is 107 Å². The normalized spacial score (nSPS) is 10.6. The molecule has 3 rings (SSSR count). The van der Waals surface area contributed by atoms with E-state index in [-0.39, 0.29) is 11.8 Å². The molecule has 34 heavy (non-hydrogen) atoms. The topological polar surface area (TPSA) is 70.7 Å². The Morgan fingerprint density at radius 3 is 2.35 bits per heavy atom. The van der Waals surface area contributed by atoms with Crippen molar-refractivity contribution in [2.24, 2.45) is 0 Å². The van der Waals surface area contributed by atoms with Crippen LogP contribution < -0.4 is 15.4 Å². The van der Waals surface area contributed by atoms with Gasteiger partial charge in [0.25, 0.3) is 11.8 Å². The third-order valence-corrected chi connectivity index (χ3v) is 5.26. The molecular weight excluding hydrogens is 426 g/mol.